The van der Waals surface area contributed by atoms with E-state index in [9.17, 15) is 9.59 Å². The number of benzene rings is 2. The van der Waals surface area contributed by atoms with Crippen LogP contribution in [0.5, 0.6) is 0 Å². The van der Waals surface area contributed by atoms with Gasteiger partial charge in [-0.2, -0.15) is 0 Å². The molecule has 2 amide bonds. The van der Waals surface area contributed by atoms with Gasteiger partial charge < -0.3 is 10.6 Å². The van der Waals surface area contributed by atoms with Crippen molar-refractivity contribution in [2.75, 3.05) is 5.32 Å². The van der Waals surface area contributed by atoms with Gasteiger partial charge in [0.25, 0.3) is 5.91 Å². The lowest BCUT2D eigenvalue weighted by Crippen LogP contribution is -2.30. The van der Waals surface area contributed by atoms with Crippen molar-refractivity contribution in [3.63, 3.8) is 0 Å². The van der Waals surface area contributed by atoms with Crippen molar-refractivity contribution in [2.45, 2.75) is 19.9 Å². The molecule has 4 heteroatoms. The fraction of sp³-hybridized carbons (Fsp3) is 0.176. The second kappa shape index (κ2) is 5.05. The highest BCUT2D eigenvalue weighted by atomic mass is 16.2. The maximum absolute atomic E-state index is 11.9. The summed E-state index contributed by atoms with van der Waals surface area (Å²) in [6, 6.07) is 13.4. The Morgan fingerprint density at radius 2 is 1.76 bits per heavy atom. The Labute approximate surface area is 123 Å². The van der Waals surface area contributed by atoms with E-state index in [2.05, 4.69) is 34.9 Å². The molecule has 0 bridgehead atoms. The molecule has 2 aromatic rings. The van der Waals surface area contributed by atoms with E-state index >= 15 is 0 Å². The van der Waals surface area contributed by atoms with Gasteiger partial charge >= 0.3 is 0 Å². The number of amides is 2. The predicted octanol–water partition coefficient (Wildman–Crippen LogP) is 2.79. The largest absolute Gasteiger partial charge is 0.341 e. The van der Waals surface area contributed by atoms with Gasteiger partial charge in [-0.1, -0.05) is 35.9 Å². The van der Waals surface area contributed by atoms with Crippen molar-refractivity contribution in [2.24, 2.45) is 0 Å². The van der Waals surface area contributed by atoms with E-state index < -0.39 is 6.04 Å². The van der Waals surface area contributed by atoms with E-state index in [0.29, 0.717) is 0 Å². The summed E-state index contributed by atoms with van der Waals surface area (Å²) >= 11 is 0. The average molecular weight is 280 g/mol. The summed E-state index contributed by atoms with van der Waals surface area (Å²) in [5.74, 6) is -0.412. The van der Waals surface area contributed by atoms with Gasteiger partial charge in [0.05, 0.1) is 0 Å². The van der Waals surface area contributed by atoms with Gasteiger partial charge in [-0.05, 0) is 30.2 Å². The molecule has 0 radical (unpaired) electrons. The monoisotopic (exact) mass is 280 g/mol. The number of hydrogen-bond donors (Lipinski definition) is 2. The van der Waals surface area contributed by atoms with Crippen molar-refractivity contribution in [3.8, 4) is 11.1 Å². The van der Waals surface area contributed by atoms with E-state index in [-0.39, 0.29) is 11.8 Å². The Morgan fingerprint density at radius 1 is 1.10 bits per heavy atom. The van der Waals surface area contributed by atoms with Crippen molar-refractivity contribution < 1.29 is 9.59 Å². The fourth-order valence-corrected chi connectivity index (χ4v) is 2.53. The number of nitrogens with one attached hydrogen (secondary N) is 2. The summed E-state index contributed by atoms with van der Waals surface area (Å²) < 4.78 is 0. The summed E-state index contributed by atoms with van der Waals surface area (Å²) in [5.41, 5.74) is 4.89. The van der Waals surface area contributed by atoms with Crippen molar-refractivity contribution in [3.05, 3.63) is 53.6 Å². The maximum Gasteiger partial charge on any atom is 0.251 e. The fourth-order valence-electron chi connectivity index (χ4n) is 2.53. The third-order valence-electron chi connectivity index (χ3n) is 3.62. The van der Waals surface area contributed by atoms with Gasteiger partial charge in [0.1, 0.15) is 6.04 Å². The number of fused-ring (bicyclic) bond motifs is 1. The Morgan fingerprint density at radius 3 is 2.43 bits per heavy atom. The number of rotatable bonds is 2. The second-order valence-corrected chi connectivity index (χ2v) is 5.29. The lowest BCUT2D eigenvalue weighted by molar-refractivity contribution is -0.124. The Bertz CT molecular complexity index is 720. The first-order chi connectivity index (χ1) is 10.0. The van der Waals surface area contributed by atoms with Crippen LogP contribution in [0, 0.1) is 6.92 Å². The second-order valence-electron chi connectivity index (χ2n) is 5.29. The summed E-state index contributed by atoms with van der Waals surface area (Å²) in [6.45, 7) is 3.46. The number of carbonyl (C=O) groups excluding carboxylic acids is 2. The van der Waals surface area contributed by atoms with E-state index in [0.717, 1.165) is 22.4 Å². The maximum atomic E-state index is 11.9. The lowest BCUT2D eigenvalue weighted by Gasteiger charge is -2.11. The molecule has 0 aliphatic carbocycles. The van der Waals surface area contributed by atoms with Gasteiger partial charge in [-0.15, -0.1) is 0 Å². The number of hydrogen-bond acceptors (Lipinski definition) is 2. The zero-order chi connectivity index (χ0) is 15.0. The molecular weight excluding hydrogens is 264 g/mol. The van der Waals surface area contributed by atoms with Crippen LogP contribution in [0.1, 0.15) is 24.1 Å². The number of carbonyl (C=O) groups is 2. The molecule has 1 aliphatic rings. The molecule has 4 nitrogen and oxygen atoms in total. The minimum absolute atomic E-state index is 0.193. The van der Waals surface area contributed by atoms with Crippen LogP contribution < -0.4 is 10.6 Å². The van der Waals surface area contributed by atoms with E-state index in [1.807, 2.05) is 25.1 Å². The Balaban J connectivity index is 2.01. The van der Waals surface area contributed by atoms with E-state index in [1.165, 1.54) is 12.5 Å². The molecule has 3 rings (SSSR count). The Hall–Kier alpha value is -2.62. The van der Waals surface area contributed by atoms with Crippen LogP contribution in [0.25, 0.3) is 11.1 Å². The highest BCUT2D eigenvalue weighted by Crippen LogP contribution is 2.34. The molecule has 2 N–H and O–H groups in total. The van der Waals surface area contributed by atoms with Crippen molar-refractivity contribution >= 4 is 17.5 Å². The molecule has 0 saturated heterocycles. The summed E-state index contributed by atoms with van der Waals surface area (Å²) in [7, 11) is 0. The Kier molecular flexibility index (Phi) is 3.22. The van der Waals surface area contributed by atoms with Crippen LogP contribution in [0.2, 0.25) is 0 Å². The summed E-state index contributed by atoms with van der Waals surface area (Å²) in [6.07, 6.45) is 0. The van der Waals surface area contributed by atoms with Crippen LogP contribution in [0.4, 0.5) is 5.69 Å². The third kappa shape index (κ3) is 2.52. The zero-order valence-corrected chi connectivity index (χ0v) is 11.9. The van der Waals surface area contributed by atoms with Gasteiger partial charge in [-0.25, -0.2) is 0 Å². The molecule has 0 unspecified atom stereocenters. The molecule has 0 spiro atoms. The minimum Gasteiger partial charge on any atom is -0.341 e. The normalized spacial score (nSPS) is 16.3. The van der Waals surface area contributed by atoms with Crippen LogP contribution in [-0.4, -0.2) is 11.8 Å². The minimum atomic E-state index is -0.608. The highest BCUT2D eigenvalue weighted by Gasteiger charge is 2.31. The standard InChI is InChI=1S/C17H16N2O2/c1-10-3-5-12(6-4-10)13-7-8-15-14(9-13)16(17(21)19-15)18-11(2)20/h3-9,16H,1-2H3,(H,18,20)(H,19,21)/t16-/m0/s1. The van der Waals surface area contributed by atoms with Crippen LogP contribution >= 0.6 is 0 Å². The molecule has 106 valence electrons. The van der Waals surface area contributed by atoms with E-state index in [1.54, 1.807) is 0 Å². The first kappa shape index (κ1) is 13.4. The SMILES string of the molecule is CC(=O)N[C@@H]1C(=O)Nc2ccc(-c3ccc(C)cc3)cc21. The molecule has 1 atom stereocenters. The van der Waals surface area contributed by atoms with Gasteiger partial charge in [0.2, 0.25) is 5.91 Å². The highest BCUT2D eigenvalue weighted by molar-refractivity contribution is 6.04. The molecule has 0 aromatic heterocycles. The third-order valence-corrected chi connectivity index (χ3v) is 3.62. The molecule has 1 heterocycles. The first-order valence-corrected chi connectivity index (χ1v) is 6.83. The molecule has 2 aromatic carbocycles. The van der Waals surface area contributed by atoms with Crippen molar-refractivity contribution in [1.82, 2.24) is 5.32 Å². The molecule has 21 heavy (non-hydrogen) atoms. The quantitative estimate of drug-likeness (QED) is 0.888. The average Bonchev–Trinajstić information content (AvgIpc) is 2.75. The predicted molar refractivity (Wildman–Crippen MR) is 81.8 cm³/mol. The molecule has 0 saturated carbocycles. The van der Waals surface area contributed by atoms with Gasteiger partial charge in [-0.3, -0.25) is 9.59 Å². The molecule has 0 fully saturated rings. The summed E-state index contributed by atoms with van der Waals surface area (Å²) in [4.78, 5) is 23.2. The molecular formula is C17H16N2O2. The number of aryl methyl sites for hydroxylation is 1. The lowest BCUT2D eigenvalue weighted by atomic mass is 9.99. The van der Waals surface area contributed by atoms with Crippen molar-refractivity contribution in [1.29, 1.82) is 0 Å². The first-order valence-electron chi connectivity index (χ1n) is 6.83. The summed E-state index contributed by atoms with van der Waals surface area (Å²) in [5, 5.41) is 5.47. The molecule has 1 aliphatic heterocycles. The van der Waals surface area contributed by atoms with Crippen LogP contribution in [-0.2, 0) is 9.59 Å². The van der Waals surface area contributed by atoms with Crippen LogP contribution in [0.3, 0.4) is 0 Å². The smallest absolute Gasteiger partial charge is 0.251 e. The van der Waals surface area contributed by atoms with Gasteiger partial charge in [0, 0.05) is 18.2 Å². The number of anilines is 1. The van der Waals surface area contributed by atoms with Crippen LogP contribution in [0.15, 0.2) is 42.5 Å². The van der Waals surface area contributed by atoms with Gasteiger partial charge in [0.15, 0.2) is 0 Å². The zero-order valence-electron chi connectivity index (χ0n) is 11.9. The van der Waals surface area contributed by atoms with E-state index in [4.69, 9.17) is 0 Å². The topological polar surface area (TPSA) is 58.2 Å².